The van der Waals surface area contributed by atoms with E-state index < -0.39 is 10.0 Å². The van der Waals surface area contributed by atoms with E-state index in [0.29, 0.717) is 17.1 Å². The maximum absolute atomic E-state index is 12.2. The highest BCUT2D eigenvalue weighted by Gasteiger charge is 2.13. The number of hydrogen-bond acceptors (Lipinski definition) is 4. The maximum Gasteiger partial charge on any atom is 0.251 e. The molecule has 2 N–H and O–H groups in total. The zero-order chi connectivity index (χ0) is 20.7. The average molecular weight is 410 g/mol. The van der Waals surface area contributed by atoms with E-state index in [2.05, 4.69) is 10.0 Å². The smallest absolute Gasteiger partial charge is 0.251 e. The Labute approximate surface area is 170 Å². The Balaban J connectivity index is 1.47. The van der Waals surface area contributed by atoms with Crippen LogP contribution >= 0.6 is 0 Å². The van der Waals surface area contributed by atoms with Gasteiger partial charge in [-0.1, -0.05) is 35.9 Å². The van der Waals surface area contributed by atoms with Crippen molar-refractivity contribution in [2.24, 2.45) is 0 Å². The first kappa shape index (κ1) is 20.6. The molecular formula is C22H22N2O4S. The lowest BCUT2D eigenvalue weighted by molar-refractivity contribution is 0.0954. The standard InChI is InChI=1S/C22H22N2O4S/c1-17-7-13-21(14-8-17)29(26,27)24-16-15-23-22(25)18-9-11-20(12-10-18)28-19-5-3-2-4-6-19/h2-14,24H,15-16H2,1H3,(H,23,25). The summed E-state index contributed by atoms with van der Waals surface area (Å²) in [6, 6.07) is 22.7. The molecule has 0 aliphatic carbocycles. The van der Waals surface area contributed by atoms with Gasteiger partial charge in [0.2, 0.25) is 10.0 Å². The lowest BCUT2D eigenvalue weighted by atomic mass is 10.2. The maximum atomic E-state index is 12.2. The molecule has 0 saturated heterocycles. The molecule has 0 radical (unpaired) electrons. The third kappa shape index (κ3) is 5.91. The lowest BCUT2D eigenvalue weighted by Gasteiger charge is -2.09. The molecule has 0 spiro atoms. The van der Waals surface area contributed by atoms with Gasteiger partial charge in [0.25, 0.3) is 5.91 Å². The second-order valence-electron chi connectivity index (χ2n) is 6.41. The molecule has 6 nitrogen and oxygen atoms in total. The number of rotatable bonds is 8. The number of benzene rings is 3. The van der Waals surface area contributed by atoms with Gasteiger partial charge in [-0.2, -0.15) is 0 Å². The van der Waals surface area contributed by atoms with Crippen molar-refractivity contribution in [1.29, 1.82) is 0 Å². The minimum absolute atomic E-state index is 0.0944. The fourth-order valence-electron chi connectivity index (χ4n) is 2.56. The highest BCUT2D eigenvalue weighted by atomic mass is 32.2. The van der Waals surface area contributed by atoms with Crippen molar-refractivity contribution < 1.29 is 17.9 Å². The summed E-state index contributed by atoms with van der Waals surface area (Å²) < 4.78 is 32.6. The topological polar surface area (TPSA) is 84.5 Å². The monoisotopic (exact) mass is 410 g/mol. The molecule has 0 aliphatic rings. The van der Waals surface area contributed by atoms with Crippen LogP contribution in [0, 0.1) is 6.92 Å². The fraction of sp³-hybridized carbons (Fsp3) is 0.136. The number of ether oxygens (including phenoxy) is 1. The van der Waals surface area contributed by atoms with Crippen molar-refractivity contribution in [1.82, 2.24) is 10.0 Å². The van der Waals surface area contributed by atoms with Crippen LogP contribution in [0.25, 0.3) is 0 Å². The predicted molar refractivity (Wildman–Crippen MR) is 112 cm³/mol. The van der Waals surface area contributed by atoms with Gasteiger partial charge in [0.05, 0.1) is 4.90 Å². The van der Waals surface area contributed by atoms with Crippen LogP contribution in [-0.4, -0.2) is 27.4 Å². The number of aryl methyl sites for hydroxylation is 1. The van der Waals surface area contributed by atoms with Gasteiger partial charge in [0.15, 0.2) is 0 Å². The van der Waals surface area contributed by atoms with E-state index in [1.165, 1.54) is 0 Å². The minimum Gasteiger partial charge on any atom is -0.457 e. The van der Waals surface area contributed by atoms with Gasteiger partial charge >= 0.3 is 0 Å². The van der Waals surface area contributed by atoms with Crippen molar-refractivity contribution in [3.05, 3.63) is 90.0 Å². The van der Waals surface area contributed by atoms with E-state index in [0.717, 1.165) is 5.56 Å². The van der Waals surface area contributed by atoms with Crippen molar-refractivity contribution in [3.63, 3.8) is 0 Å². The quantitative estimate of drug-likeness (QED) is 0.557. The predicted octanol–water partition coefficient (Wildman–Crippen LogP) is 3.50. The number of carbonyl (C=O) groups is 1. The number of para-hydroxylation sites is 1. The van der Waals surface area contributed by atoms with E-state index in [9.17, 15) is 13.2 Å². The molecule has 1 amide bonds. The van der Waals surface area contributed by atoms with Gasteiger partial charge in [0.1, 0.15) is 11.5 Å². The molecule has 0 bridgehead atoms. The van der Waals surface area contributed by atoms with Crippen LogP contribution in [0.15, 0.2) is 83.8 Å². The summed E-state index contributed by atoms with van der Waals surface area (Å²) in [5, 5.41) is 2.69. The molecule has 0 aliphatic heterocycles. The van der Waals surface area contributed by atoms with E-state index in [4.69, 9.17) is 4.74 Å². The SMILES string of the molecule is Cc1ccc(S(=O)(=O)NCCNC(=O)c2ccc(Oc3ccccc3)cc2)cc1. The Morgan fingerprint density at radius 2 is 1.45 bits per heavy atom. The van der Waals surface area contributed by atoms with E-state index >= 15 is 0 Å². The van der Waals surface area contributed by atoms with Gasteiger partial charge in [-0.05, 0) is 55.5 Å². The highest BCUT2D eigenvalue weighted by Crippen LogP contribution is 2.21. The zero-order valence-electron chi connectivity index (χ0n) is 16.0. The summed E-state index contributed by atoms with van der Waals surface area (Å²) in [7, 11) is -3.59. The number of hydrogen-bond donors (Lipinski definition) is 2. The van der Waals surface area contributed by atoms with Crippen molar-refractivity contribution in [2.45, 2.75) is 11.8 Å². The molecule has 0 heterocycles. The Morgan fingerprint density at radius 3 is 2.10 bits per heavy atom. The Hall–Kier alpha value is -3.16. The summed E-state index contributed by atoms with van der Waals surface area (Å²) in [6.07, 6.45) is 0. The molecule has 3 rings (SSSR count). The normalized spacial score (nSPS) is 11.1. The summed E-state index contributed by atoms with van der Waals surface area (Å²) in [5.74, 6) is 1.05. The first-order chi connectivity index (χ1) is 13.9. The van der Waals surface area contributed by atoms with Crippen LogP contribution in [0.4, 0.5) is 0 Å². The number of nitrogens with one attached hydrogen (secondary N) is 2. The molecule has 7 heteroatoms. The van der Waals surface area contributed by atoms with E-state index in [-0.39, 0.29) is 23.9 Å². The molecule has 0 aromatic heterocycles. The van der Waals surface area contributed by atoms with Gasteiger partial charge in [-0.15, -0.1) is 0 Å². The molecule has 0 unspecified atom stereocenters. The zero-order valence-corrected chi connectivity index (χ0v) is 16.8. The fourth-order valence-corrected chi connectivity index (χ4v) is 3.60. The third-order valence-electron chi connectivity index (χ3n) is 4.13. The number of amides is 1. The van der Waals surface area contributed by atoms with Crippen molar-refractivity contribution in [3.8, 4) is 11.5 Å². The first-order valence-electron chi connectivity index (χ1n) is 9.11. The molecular weight excluding hydrogens is 388 g/mol. The first-order valence-corrected chi connectivity index (χ1v) is 10.6. The molecule has 29 heavy (non-hydrogen) atoms. The van der Waals surface area contributed by atoms with E-state index in [1.807, 2.05) is 37.3 Å². The van der Waals surface area contributed by atoms with Gasteiger partial charge in [-0.25, -0.2) is 13.1 Å². The second kappa shape index (κ2) is 9.36. The molecule has 0 saturated carbocycles. The lowest BCUT2D eigenvalue weighted by Crippen LogP contribution is -2.34. The molecule has 0 atom stereocenters. The van der Waals surface area contributed by atoms with Crippen LogP contribution < -0.4 is 14.8 Å². The van der Waals surface area contributed by atoms with Crippen LogP contribution in [0.2, 0.25) is 0 Å². The molecule has 3 aromatic carbocycles. The number of carbonyl (C=O) groups excluding carboxylic acids is 1. The minimum atomic E-state index is -3.59. The molecule has 0 fully saturated rings. The van der Waals surface area contributed by atoms with Crippen LogP contribution in [0.5, 0.6) is 11.5 Å². The van der Waals surface area contributed by atoms with Crippen molar-refractivity contribution in [2.75, 3.05) is 13.1 Å². The summed E-state index contributed by atoms with van der Waals surface area (Å²) in [5.41, 5.74) is 1.45. The summed E-state index contributed by atoms with van der Waals surface area (Å²) in [4.78, 5) is 12.4. The molecule has 3 aromatic rings. The van der Waals surface area contributed by atoms with Gasteiger partial charge < -0.3 is 10.1 Å². The van der Waals surface area contributed by atoms with Crippen LogP contribution in [0.3, 0.4) is 0 Å². The third-order valence-corrected chi connectivity index (χ3v) is 5.61. The van der Waals surface area contributed by atoms with Crippen molar-refractivity contribution >= 4 is 15.9 Å². The van der Waals surface area contributed by atoms with Gasteiger partial charge in [0, 0.05) is 18.7 Å². The molecule has 150 valence electrons. The average Bonchev–Trinajstić information content (AvgIpc) is 2.73. The Bertz CT molecular complexity index is 1050. The summed E-state index contributed by atoms with van der Waals surface area (Å²) in [6.45, 7) is 2.16. The number of sulfonamides is 1. The summed E-state index contributed by atoms with van der Waals surface area (Å²) >= 11 is 0. The van der Waals surface area contributed by atoms with Crippen LogP contribution in [-0.2, 0) is 10.0 Å². The second-order valence-corrected chi connectivity index (χ2v) is 8.17. The van der Waals surface area contributed by atoms with Gasteiger partial charge in [-0.3, -0.25) is 4.79 Å². The Morgan fingerprint density at radius 1 is 0.828 bits per heavy atom. The highest BCUT2D eigenvalue weighted by molar-refractivity contribution is 7.89. The Kier molecular flexibility index (Phi) is 6.64. The van der Waals surface area contributed by atoms with E-state index in [1.54, 1.807) is 48.5 Å². The largest absolute Gasteiger partial charge is 0.457 e. The van der Waals surface area contributed by atoms with Crippen LogP contribution in [0.1, 0.15) is 15.9 Å².